The highest BCUT2D eigenvalue weighted by Crippen LogP contribution is 2.29. The standard InChI is InChI=1S/C24H22ClN3O2/c1-2-29-24-13-21(16-28-27-15-19-7-10-22(25)11-8-19)9-12-23(24)30-17-20-5-3-18(14-26)4-6-20/h3-13,16,27H,2,15,17H2,1H3/b28-16-. The molecule has 1 N–H and O–H groups in total. The number of halogens is 1. The SMILES string of the molecule is CCOc1cc(/C=N\NCc2ccc(Cl)cc2)ccc1OCc1ccc(C#N)cc1. The highest BCUT2D eigenvalue weighted by Gasteiger charge is 2.07. The topological polar surface area (TPSA) is 66.6 Å². The summed E-state index contributed by atoms with van der Waals surface area (Å²) in [6.07, 6.45) is 1.74. The summed E-state index contributed by atoms with van der Waals surface area (Å²) in [5.41, 5.74) is 6.62. The summed E-state index contributed by atoms with van der Waals surface area (Å²) in [5.74, 6) is 1.32. The van der Waals surface area contributed by atoms with Crippen LogP contribution in [-0.4, -0.2) is 12.8 Å². The highest BCUT2D eigenvalue weighted by atomic mass is 35.5. The van der Waals surface area contributed by atoms with Crippen LogP contribution in [0.3, 0.4) is 0 Å². The van der Waals surface area contributed by atoms with E-state index < -0.39 is 0 Å². The fourth-order valence-electron chi connectivity index (χ4n) is 2.69. The monoisotopic (exact) mass is 419 g/mol. The van der Waals surface area contributed by atoms with E-state index in [9.17, 15) is 0 Å². The number of hydrazone groups is 1. The predicted octanol–water partition coefficient (Wildman–Crippen LogP) is 5.31. The molecule has 0 aliphatic carbocycles. The zero-order valence-corrected chi connectivity index (χ0v) is 17.4. The number of rotatable bonds is 9. The number of benzene rings is 3. The van der Waals surface area contributed by atoms with Crippen LogP contribution < -0.4 is 14.9 Å². The molecule has 0 atom stereocenters. The molecule has 3 rings (SSSR count). The Balaban J connectivity index is 1.60. The van der Waals surface area contributed by atoms with E-state index in [1.165, 1.54) is 0 Å². The van der Waals surface area contributed by atoms with E-state index in [-0.39, 0.29) is 0 Å². The van der Waals surface area contributed by atoms with Gasteiger partial charge in [0.15, 0.2) is 11.5 Å². The first-order valence-electron chi connectivity index (χ1n) is 9.57. The van der Waals surface area contributed by atoms with Crippen LogP contribution in [-0.2, 0) is 13.2 Å². The average molecular weight is 420 g/mol. The second kappa shape index (κ2) is 10.9. The van der Waals surface area contributed by atoms with Gasteiger partial charge in [-0.05, 0) is 66.1 Å². The van der Waals surface area contributed by atoms with Gasteiger partial charge >= 0.3 is 0 Å². The number of ether oxygens (including phenoxy) is 2. The highest BCUT2D eigenvalue weighted by molar-refractivity contribution is 6.30. The minimum atomic E-state index is 0.391. The van der Waals surface area contributed by atoms with Gasteiger partial charge in [0.2, 0.25) is 0 Å². The van der Waals surface area contributed by atoms with Crippen LogP contribution in [0, 0.1) is 11.3 Å². The van der Waals surface area contributed by atoms with Crippen molar-refractivity contribution in [3.05, 3.63) is 94.0 Å². The molecule has 152 valence electrons. The van der Waals surface area contributed by atoms with E-state index >= 15 is 0 Å². The molecule has 0 bridgehead atoms. The summed E-state index contributed by atoms with van der Waals surface area (Å²) in [6.45, 7) is 3.46. The van der Waals surface area contributed by atoms with Crippen LogP contribution in [0.2, 0.25) is 5.02 Å². The summed E-state index contributed by atoms with van der Waals surface area (Å²) < 4.78 is 11.6. The first-order chi connectivity index (χ1) is 14.7. The first-order valence-corrected chi connectivity index (χ1v) is 9.95. The van der Waals surface area contributed by atoms with Gasteiger partial charge in [-0.25, -0.2) is 0 Å². The summed E-state index contributed by atoms with van der Waals surface area (Å²) in [6, 6.07) is 22.7. The second-order valence-electron chi connectivity index (χ2n) is 6.46. The molecule has 0 saturated carbocycles. The lowest BCUT2D eigenvalue weighted by Crippen LogP contribution is -2.05. The molecule has 0 unspecified atom stereocenters. The lowest BCUT2D eigenvalue weighted by Gasteiger charge is -2.12. The third-order valence-corrected chi connectivity index (χ3v) is 4.50. The molecule has 0 aliphatic rings. The van der Waals surface area contributed by atoms with Gasteiger partial charge in [-0.1, -0.05) is 35.9 Å². The molecule has 0 aliphatic heterocycles. The minimum Gasteiger partial charge on any atom is -0.490 e. The zero-order valence-electron chi connectivity index (χ0n) is 16.6. The first kappa shape index (κ1) is 21.2. The Morgan fingerprint density at radius 3 is 2.40 bits per heavy atom. The Bertz CT molecular complexity index is 1030. The minimum absolute atomic E-state index is 0.391. The van der Waals surface area contributed by atoms with Gasteiger partial charge in [-0.2, -0.15) is 10.4 Å². The van der Waals surface area contributed by atoms with Gasteiger partial charge in [0.1, 0.15) is 6.61 Å². The van der Waals surface area contributed by atoms with Crippen LogP contribution in [0.25, 0.3) is 0 Å². The van der Waals surface area contributed by atoms with E-state index in [1.807, 2.05) is 61.5 Å². The van der Waals surface area contributed by atoms with Crippen molar-refractivity contribution >= 4 is 17.8 Å². The largest absolute Gasteiger partial charge is 0.490 e. The Kier molecular flexibility index (Phi) is 7.71. The molecule has 0 heterocycles. The summed E-state index contributed by atoms with van der Waals surface area (Å²) in [4.78, 5) is 0. The maximum absolute atomic E-state index is 8.89. The van der Waals surface area contributed by atoms with E-state index in [0.29, 0.717) is 41.8 Å². The fourth-order valence-corrected chi connectivity index (χ4v) is 2.81. The summed E-state index contributed by atoms with van der Waals surface area (Å²) in [7, 11) is 0. The lowest BCUT2D eigenvalue weighted by atomic mass is 10.1. The quantitative estimate of drug-likeness (QED) is 0.377. The van der Waals surface area contributed by atoms with Crippen LogP contribution in [0.4, 0.5) is 0 Å². The average Bonchev–Trinajstić information content (AvgIpc) is 2.78. The Morgan fingerprint density at radius 2 is 1.70 bits per heavy atom. The molecule has 0 spiro atoms. The van der Waals surface area contributed by atoms with Crippen molar-refractivity contribution in [2.75, 3.05) is 6.61 Å². The molecule has 0 saturated heterocycles. The third kappa shape index (κ3) is 6.26. The predicted molar refractivity (Wildman–Crippen MR) is 119 cm³/mol. The molecule has 3 aromatic rings. The molecule has 0 radical (unpaired) electrons. The Labute approximate surface area is 181 Å². The maximum atomic E-state index is 8.89. The molecule has 0 aromatic heterocycles. The second-order valence-corrected chi connectivity index (χ2v) is 6.89. The van der Waals surface area contributed by atoms with Gasteiger partial charge < -0.3 is 14.9 Å². The van der Waals surface area contributed by atoms with Crippen LogP contribution in [0.1, 0.15) is 29.2 Å². The number of nitrogens with zero attached hydrogens (tertiary/aromatic N) is 2. The molecule has 0 fully saturated rings. The summed E-state index contributed by atoms with van der Waals surface area (Å²) >= 11 is 5.89. The van der Waals surface area contributed by atoms with Gasteiger partial charge in [-0.15, -0.1) is 0 Å². The fraction of sp³-hybridized carbons (Fsp3) is 0.167. The number of nitriles is 1. The van der Waals surface area contributed by atoms with Crippen molar-refractivity contribution in [1.82, 2.24) is 5.43 Å². The zero-order chi connectivity index (χ0) is 21.2. The van der Waals surface area contributed by atoms with E-state index in [0.717, 1.165) is 16.7 Å². The smallest absolute Gasteiger partial charge is 0.161 e. The molecule has 6 heteroatoms. The maximum Gasteiger partial charge on any atom is 0.161 e. The van der Waals surface area contributed by atoms with Gasteiger partial charge in [0.05, 0.1) is 31.0 Å². The van der Waals surface area contributed by atoms with E-state index in [4.69, 9.17) is 26.3 Å². The van der Waals surface area contributed by atoms with Crippen LogP contribution >= 0.6 is 11.6 Å². The normalized spacial score (nSPS) is 10.6. The number of hydrogen-bond acceptors (Lipinski definition) is 5. The molecule has 0 amide bonds. The van der Waals surface area contributed by atoms with E-state index in [1.54, 1.807) is 18.3 Å². The number of nitrogens with one attached hydrogen (secondary N) is 1. The Morgan fingerprint density at radius 1 is 0.967 bits per heavy atom. The van der Waals surface area contributed by atoms with Crippen molar-refractivity contribution < 1.29 is 9.47 Å². The van der Waals surface area contributed by atoms with Gasteiger partial charge in [0.25, 0.3) is 0 Å². The van der Waals surface area contributed by atoms with Gasteiger partial charge in [-0.3, -0.25) is 0 Å². The molecular formula is C24H22ClN3O2. The van der Waals surface area contributed by atoms with Crippen molar-refractivity contribution in [2.24, 2.45) is 5.10 Å². The van der Waals surface area contributed by atoms with E-state index in [2.05, 4.69) is 16.6 Å². The van der Waals surface area contributed by atoms with Crippen molar-refractivity contribution in [2.45, 2.75) is 20.1 Å². The molecule has 3 aromatic carbocycles. The van der Waals surface area contributed by atoms with Crippen LogP contribution in [0.15, 0.2) is 71.8 Å². The van der Waals surface area contributed by atoms with Gasteiger partial charge in [0, 0.05) is 5.02 Å². The lowest BCUT2D eigenvalue weighted by molar-refractivity contribution is 0.269. The van der Waals surface area contributed by atoms with Crippen LogP contribution in [0.5, 0.6) is 11.5 Å². The molecular weight excluding hydrogens is 398 g/mol. The third-order valence-electron chi connectivity index (χ3n) is 4.25. The van der Waals surface area contributed by atoms with Crippen molar-refractivity contribution in [3.8, 4) is 17.6 Å². The Hall–Kier alpha value is -3.49. The molecule has 5 nitrogen and oxygen atoms in total. The van der Waals surface area contributed by atoms with Crippen molar-refractivity contribution in [1.29, 1.82) is 5.26 Å². The summed E-state index contributed by atoms with van der Waals surface area (Å²) in [5, 5.41) is 13.9. The molecule has 30 heavy (non-hydrogen) atoms. The van der Waals surface area contributed by atoms with Crippen molar-refractivity contribution in [3.63, 3.8) is 0 Å². The number of hydrogen-bond donors (Lipinski definition) is 1.